The Hall–Kier alpha value is -1.72. The first-order chi connectivity index (χ1) is 12.7. The van der Waals surface area contributed by atoms with Gasteiger partial charge in [-0.1, -0.05) is 22.9 Å². The third-order valence-corrected chi connectivity index (χ3v) is 7.86. The van der Waals surface area contributed by atoms with Crippen LogP contribution in [0.15, 0.2) is 23.2 Å². The molecule has 146 valence electrons. The number of thiazole rings is 1. The lowest BCUT2D eigenvalue weighted by Gasteiger charge is -2.34. The Labute approximate surface area is 166 Å². The number of amides is 1. The average molecular weight is 431 g/mol. The van der Waals surface area contributed by atoms with Gasteiger partial charge in [0.25, 0.3) is 5.91 Å². The Balaban J connectivity index is 1.75. The molecule has 1 aliphatic heterocycles. The normalized spacial score (nSPS) is 15.8. The third-order valence-electron chi connectivity index (χ3n) is 4.39. The lowest BCUT2D eigenvalue weighted by molar-refractivity contribution is 0.0710. The summed E-state index contributed by atoms with van der Waals surface area (Å²) in [6, 6.07) is 3.39. The number of rotatable bonds is 4. The molecule has 0 saturated carbocycles. The molecule has 1 aromatic heterocycles. The van der Waals surface area contributed by atoms with Gasteiger partial charge in [-0.05, 0) is 37.1 Å². The Kier molecular flexibility index (Phi) is 5.73. The molecule has 0 spiro atoms. The number of carbonyl (C=O) groups excluding carboxylic acids is 1. The Morgan fingerprint density at radius 3 is 2.56 bits per heavy atom. The smallest absolute Gasteiger partial charge is 0.286 e. The summed E-state index contributed by atoms with van der Waals surface area (Å²) in [6.45, 7) is 5.01. The van der Waals surface area contributed by atoms with Crippen LogP contribution < -0.4 is 10.4 Å². The van der Waals surface area contributed by atoms with Crippen molar-refractivity contribution in [2.24, 2.45) is 0 Å². The van der Waals surface area contributed by atoms with Crippen molar-refractivity contribution >= 4 is 44.0 Å². The van der Waals surface area contributed by atoms with Gasteiger partial charge >= 0.3 is 0 Å². The number of hydrogen-bond acceptors (Lipinski definition) is 7. The van der Waals surface area contributed by atoms with Crippen LogP contribution in [0.2, 0.25) is 5.02 Å². The minimum Gasteiger partial charge on any atom is -0.345 e. The molecule has 2 heterocycles. The minimum atomic E-state index is -3.65. The maximum absolute atomic E-state index is 13.0. The van der Waals surface area contributed by atoms with E-state index in [1.54, 1.807) is 24.5 Å². The highest BCUT2D eigenvalue weighted by atomic mass is 35.5. The molecule has 11 heteroatoms. The summed E-state index contributed by atoms with van der Waals surface area (Å²) in [5, 5.41) is 9.73. The molecule has 2 aromatic rings. The summed E-state index contributed by atoms with van der Waals surface area (Å²) in [5.74, 6) is -0.619. The predicted octanol–water partition coefficient (Wildman–Crippen LogP) is 2.04. The highest BCUT2D eigenvalue weighted by Crippen LogP contribution is 2.29. The number of hydroxylamine groups is 1. The van der Waals surface area contributed by atoms with E-state index in [9.17, 15) is 13.2 Å². The van der Waals surface area contributed by atoms with Crippen molar-refractivity contribution in [3.8, 4) is 0 Å². The fourth-order valence-electron chi connectivity index (χ4n) is 2.88. The monoisotopic (exact) mass is 430 g/mol. The van der Waals surface area contributed by atoms with Crippen molar-refractivity contribution in [3.63, 3.8) is 0 Å². The summed E-state index contributed by atoms with van der Waals surface area (Å²) in [6.07, 6.45) is 1.38. The standard InChI is InChI=1S/C16H19ClN4O4S2/c1-10-7-12(17)11(2)14(8-10)27(24,25)21-5-3-20(4-6-21)16-18-9-13(26-16)15(22)19-23/h7-9,23H,3-6H2,1-2H3,(H,19,22). The van der Waals surface area contributed by atoms with Crippen LogP contribution in [0.3, 0.4) is 0 Å². The van der Waals surface area contributed by atoms with Crippen LogP contribution in [0.25, 0.3) is 0 Å². The van der Waals surface area contributed by atoms with Gasteiger partial charge in [0.1, 0.15) is 4.88 Å². The number of halogens is 1. The molecule has 3 rings (SSSR count). The molecule has 0 aliphatic carbocycles. The van der Waals surface area contributed by atoms with E-state index in [1.165, 1.54) is 10.5 Å². The van der Waals surface area contributed by atoms with Gasteiger partial charge in [-0.2, -0.15) is 4.31 Å². The van der Waals surface area contributed by atoms with Gasteiger partial charge in [0, 0.05) is 31.2 Å². The zero-order chi connectivity index (χ0) is 19.8. The van der Waals surface area contributed by atoms with Gasteiger partial charge < -0.3 is 4.90 Å². The molecule has 27 heavy (non-hydrogen) atoms. The molecular weight excluding hydrogens is 412 g/mol. The van der Waals surface area contributed by atoms with Crippen LogP contribution in [-0.2, 0) is 10.0 Å². The van der Waals surface area contributed by atoms with Crippen LogP contribution >= 0.6 is 22.9 Å². The number of benzene rings is 1. The second kappa shape index (κ2) is 7.72. The van der Waals surface area contributed by atoms with Crippen molar-refractivity contribution in [2.75, 3.05) is 31.1 Å². The number of carbonyl (C=O) groups is 1. The van der Waals surface area contributed by atoms with Crippen molar-refractivity contribution in [1.82, 2.24) is 14.8 Å². The van der Waals surface area contributed by atoms with Crippen molar-refractivity contribution in [2.45, 2.75) is 18.7 Å². The first kappa shape index (κ1) is 20.0. The van der Waals surface area contributed by atoms with E-state index < -0.39 is 15.9 Å². The number of anilines is 1. The number of aromatic nitrogens is 1. The van der Waals surface area contributed by atoms with Crippen LogP contribution in [0, 0.1) is 13.8 Å². The van der Waals surface area contributed by atoms with Gasteiger partial charge in [-0.25, -0.2) is 18.9 Å². The molecule has 0 radical (unpaired) electrons. The van der Waals surface area contributed by atoms with Crippen molar-refractivity contribution in [3.05, 3.63) is 39.4 Å². The maximum Gasteiger partial charge on any atom is 0.286 e. The van der Waals surface area contributed by atoms with E-state index in [2.05, 4.69) is 4.98 Å². The number of nitrogens with zero attached hydrogens (tertiary/aromatic N) is 3. The lowest BCUT2D eigenvalue weighted by Crippen LogP contribution is -2.48. The highest BCUT2D eigenvalue weighted by Gasteiger charge is 2.31. The number of hydrogen-bond donors (Lipinski definition) is 2. The molecular formula is C16H19ClN4O4S2. The third kappa shape index (κ3) is 3.94. The molecule has 0 atom stereocenters. The van der Waals surface area contributed by atoms with Gasteiger partial charge in [0.05, 0.1) is 11.1 Å². The van der Waals surface area contributed by atoms with Crippen molar-refractivity contribution in [1.29, 1.82) is 0 Å². The van der Waals surface area contributed by atoms with E-state index >= 15 is 0 Å². The van der Waals surface area contributed by atoms with E-state index in [0.717, 1.165) is 16.9 Å². The summed E-state index contributed by atoms with van der Waals surface area (Å²) < 4.78 is 27.5. The Bertz CT molecular complexity index is 969. The second-order valence-corrected chi connectivity index (χ2v) is 9.53. The Morgan fingerprint density at radius 1 is 1.26 bits per heavy atom. The molecule has 0 bridgehead atoms. The van der Waals surface area contributed by atoms with Crippen LogP contribution in [0.1, 0.15) is 20.8 Å². The largest absolute Gasteiger partial charge is 0.345 e. The average Bonchev–Trinajstić information content (AvgIpc) is 3.14. The van der Waals surface area contributed by atoms with E-state index in [-0.39, 0.29) is 9.77 Å². The zero-order valence-electron chi connectivity index (χ0n) is 14.8. The molecule has 1 fully saturated rings. The van der Waals surface area contributed by atoms with Gasteiger partial charge in [0.2, 0.25) is 10.0 Å². The highest BCUT2D eigenvalue weighted by molar-refractivity contribution is 7.89. The second-order valence-electron chi connectivity index (χ2n) is 6.21. The number of sulfonamides is 1. The van der Waals surface area contributed by atoms with Gasteiger partial charge in [-0.15, -0.1) is 0 Å². The summed E-state index contributed by atoms with van der Waals surface area (Å²) in [5.41, 5.74) is 2.91. The molecule has 1 amide bonds. The van der Waals surface area contributed by atoms with Gasteiger partial charge in [0.15, 0.2) is 5.13 Å². The predicted molar refractivity (Wildman–Crippen MR) is 103 cm³/mol. The molecule has 1 aliphatic rings. The summed E-state index contributed by atoms with van der Waals surface area (Å²) in [7, 11) is -3.65. The number of nitrogens with one attached hydrogen (secondary N) is 1. The van der Waals surface area contributed by atoms with E-state index in [0.29, 0.717) is 41.9 Å². The first-order valence-corrected chi connectivity index (χ1v) is 10.8. The molecule has 0 unspecified atom stereocenters. The molecule has 2 N–H and O–H groups in total. The fraction of sp³-hybridized carbons (Fsp3) is 0.375. The first-order valence-electron chi connectivity index (χ1n) is 8.16. The topological polar surface area (TPSA) is 103 Å². The van der Waals surface area contributed by atoms with Crippen LogP contribution in [0.4, 0.5) is 5.13 Å². The lowest BCUT2D eigenvalue weighted by atomic mass is 10.2. The zero-order valence-corrected chi connectivity index (χ0v) is 17.2. The van der Waals surface area contributed by atoms with E-state index in [4.69, 9.17) is 16.8 Å². The minimum absolute atomic E-state index is 0.233. The quantitative estimate of drug-likeness (QED) is 0.568. The molecule has 1 saturated heterocycles. The van der Waals surface area contributed by atoms with Crippen molar-refractivity contribution < 1.29 is 18.4 Å². The van der Waals surface area contributed by atoms with Crippen LogP contribution in [-0.4, -0.2) is 55.0 Å². The number of aryl methyl sites for hydroxylation is 1. The summed E-state index contributed by atoms with van der Waals surface area (Å²) in [4.78, 5) is 18.0. The summed E-state index contributed by atoms with van der Waals surface area (Å²) >= 11 is 7.30. The molecule has 8 nitrogen and oxygen atoms in total. The van der Waals surface area contributed by atoms with E-state index in [1.807, 2.05) is 11.8 Å². The van der Waals surface area contributed by atoms with Gasteiger partial charge in [-0.3, -0.25) is 10.0 Å². The SMILES string of the molecule is Cc1cc(Cl)c(C)c(S(=O)(=O)N2CCN(c3ncc(C(=O)NO)s3)CC2)c1. The maximum atomic E-state index is 13.0. The number of piperazine rings is 1. The Morgan fingerprint density at radius 2 is 1.93 bits per heavy atom. The van der Waals surface area contributed by atoms with Crippen LogP contribution in [0.5, 0.6) is 0 Å². The fourth-order valence-corrected chi connectivity index (χ4v) is 5.82. The molecule has 1 aromatic carbocycles.